The first-order valence-corrected chi connectivity index (χ1v) is 10.6. The Labute approximate surface area is 190 Å². The third kappa shape index (κ3) is 4.42. The highest BCUT2D eigenvalue weighted by Gasteiger charge is 2.50. The quantitative estimate of drug-likeness (QED) is 0.570. The summed E-state index contributed by atoms with van der Waals surface area (Å²) in [5, 5.41) is 30.3. The highest BCUT2D eigenvalue weighted by molar-refractivity contribution is 6.42. The van der Waals surface area contributed by atoms with Crippen molar-refractivity contribution < 1.29 is 34.4 Å². The Balaban J connectivity index is 1.88. The number of methoxy groups -OCH3 is 1. The number of hydrogen-bond acceptors (Lipinski definition) is 6. The molecular weight excluding hydrogens is 451 g/mol. The minimum absolute atomic E-state index is 0.111. The van der Waals surface area contributed by atoms with Crippen molar-refractivity contribution in [3.8, 4) is 5.75 Å². The molecule has 0 aliphatic carbocycles. The zero-order valence-electron chi connectivity index (χ0n) is 17.4. The molecule has 2 unspecified atom stereocenters. The van der Waals surface area contributed by atoms with Crippen LogP contribution in [0.5, 0.6) is 5.75 Å². The standard InChI is InChI=1S/C20H26Cl2N2O7/c1-20(2)24(19(28)29)13(9-31-20)17(25)23-7-6-10(8-12(23)18(26)27)15-14(30-3)5-4-11(21)16(15)22/h4-5,10,12-13,18,26-27H,6-9H2,1-3H3,(H,28,29)/t10?,12?,13-/m1/s1. The van der Waals surface area contributed by atoms with E-state index < -0.39 is 36.1 Å². The largest absolute Gasteiger partial charge is 0.496 e. The maximum Gasteiger partial charge on any atom is 0.410 e. The van der Waals surface area contributed by atoms with E-state index in [1.807, 2.05) is 0 Å². The monoisotopic (exact) mass is 476 g/mol. The van der Waals surface area contributed by atoms with Crippen LogP contribution in [-0.4, -0.2) is 81.5 Å². The van der Waals surface area contributed by atoms with Crippen molar-refractivity contribution in [3.63, 3.8) is 0 Å². The first-order valence-electron chi connectivity index (χ1n) is 9.84. The van der Waals surface area contributed by atoms with Gasteiger partial charge in [0.1, 0.15) is 17.5 Å². The van der Waals surface area contributed by atoms with Gasteiger partial charge in [0.2, 0.25) is 5.91 Å². The van der Waals surface area contributed by atoms with Gasteiger partial charge in [-0.2, -0.15) is 0 Å². The number of piperidine rings is 1. The Kier molecular flexibility index (Phi) is 6.93. The van der Waals surface area contributed by atoms with Gasteiger partial charge in [-0.25, -0.2) is 4.79 Å². The van der Waals surface area contributed by atoms with E-state index in [0.29, 0.717) is 27.8 Å². The van der Waals surface area contributed by atoms with E-state index in [0.717, 1.165) is 4.90 Å². The molecule has 2 aliphatic heterocycles. The fourth-order valence-electron chi connectivity index (χ4n) is 4.46. The molecule has 2 heterocycles. The minimum atomic E-state index is -1.83. The summed E-state index contributed by atoms with van der Waals surface area (Å²) in [7, 11) is 1.50. The molecule has 3 rings (SSSR count). The van der Waals surface area contributed by atoms with Crippen LogP contribution in [0.1, 0.15) is 38.2 Å². The second kappa shape index (κ2) is 8.99. The molecule has 0 bridgehead atoms. The Morgan fingerprint density at radius 2 is 1.97 bits per heavy atom. The lowest BCUT2D eigenvalue weighted by Gasteiger charge is -2.42. The maximum atomic E-state index is 13.3. The molecule has 0 aromatic heterocycles. The summed E-state index contributed by atoms with van der Waals surface area (Å²) in [5.74, 6) is -0.258. The number of carbonyl (C=O) groups excluding carboxylic acids is 1. The lowest BCUT2D eigenvalue weighted by Crippen LogP contribution is -2.59. The number of hydrogen-bond donors (Lipinski definition) is 3. The van der Waals surface area contributed by atoms with Crippen molar-refractivity contribution >= 4 is 35.2 Å². The Morgan fingerprint density at radius 1 is 1.29 bits per heavy atom. The summed E-state index contributed by atoms with van der Waals surface area (Å²) in [6.07, 6.45) is -2.48. The molecule has 1 aromatic carbocycles. The second-order valence-electron chi connectivity index (χ2n) is 8.14. The molecule has 9 nitrogen and oxygen atoms in total. The molecule has 2 saturated heterocycles. The molecule has 3 N–H and O–H groups in total. The van der Waals surface area contributed by atoms with Crippen molar-refractivity contribution in [1.29, 1.82) is 0 Å². The zero-order chi connectivity index (χ0) is 23.1. The van der Waals surface area contributed by atoms with Crippen LogP contribution in [0.15, 0.2) is 12.1 Å². The molecule has 31 heavy (non-hydrogen) atoms. The molecule has 2 aliphatic rings. The summed E-state index contributed by atoms with van der Waals surface area (Å²) in [6.45, 7) is 3.18. The number of carboxylic acid groups (broad SMARTS) is 1. The van der Waals surface area contributed by atoms with Gasteiger partial charge in [-0.1, -0.05) is 23.2 Å². The average molecular weight is 477 g/mol. The summed E-state index contributed by atoms with van der Waals surface area (Å²) in [4.78, 5) is 27.3. The first-order chi connectivity index (χ1) is 14.5. The summed E-state index contributed by atoms with van der Waals surface area (Å²) in [6, 6.07) is 1.26. The van der Waals surface area contributed by atoms with Crippen LogP contribution in [0.4, 0.5) is 4.79 Å². The Morgan fingerprint density at radius 3 is 2.55 bits per heavy atom. The normalized spacial score (nSPS) is 25.7. The van der Waals surface area contributed by atoms with Gasteiger partial charge in [0, 0.05) is 12.1 Å². The summed E-state index contributed by atoms with van der Waals surface area (Å²) in [5.41, 5.74) is -0.522. The molecular formula is C20H26Cl2N2O7. The van der Waals surface area contributed by atoms with Gasteiger partial charge in [0.05, 0.1) is 29.8 Å². The Bertz CT molecular complexity index is 864. The van der Waals surface area contributed by atoms with Gasteiger partial charge in [-0.05, 0) is 44.7 Å². The number of rotatable bonds is 4. The molecule has 0 radical (unpaired) electrons. The topological polar surface area (TPSA) is 120 Å². The van der Waals surface area contributed by atoms with Crippen molar-refractivity contribution in [2.24, 2.45) is 0 Å². The number of amides is 2. The van der Waals surface area contributed by atoms with Crippen LogP contribution < -0.4 is 4.74 Å². The Hall–Kier alpha value is -1.78. The summed E-state index contributed by atoms with van der Waals surface area (Å²) < 4.78 is 10.9. The molecule has 3 atom stereocenters. The highest BCUT2D eigenvalue weighted by Crippen LogP contribution is 2.44. The fourth-order valence-corrected chi connectivity index (χ4v) is 4.94. The third-order valence-corrected chi connectivity index (χ3v) is 6.79. The third-order valence-electron chi connectivity index (χ3n) is 5.97. The molecule has 0 saturated carbocycles. The van der Waals surface area contributed by atoms with E-state index in [1.165, 1.54) is 12.0 Å². The number of halogens is 2. The van der Waals surface area contributed by atoms with Crippen LogP contribution in [0.25, 0.3) is 0 Å². The predicted molar refractivity (Wildman–Crippen MR) is 112 cm³/mol. The smallest absolute Gasteiger partial charge is 0.410 e. The van der Waals surface area contributed by atoms with Crippen LogP contribution in [0.2, 0.25) is 10.0 Å². The summed E-state index contributed by atoms with van der Waals surface area (Å²) >= 11 is 12.6. The molecule has 2 fully saturated rings. The van der Waals surface area contributed by atoms with Gasteiger partial charge in [0.15, 0.2) is 6.29 Å². The van der Waals surface area contributed by atoms with Gasteiger partial charge in [0.25, 0.3) is 0 Å². The van der Waals surface area contributed by atoms with E-state index in [9.17, 15) is 24.9 Å². The number of aliphatic hydroxyl groups excluding tert-OH is 1. The van der Waals surface area contributed by atoms with Gasteiger partial charge in [-0.3, -0.25) is 9.69 Å². The first kappa shape index (κ1) is 23.9. The average Bonchev–Trinajstić information content (AvgIpc) is 3.04. The van der Waals surface area contributed by atoms with Crippen molar-refractivity contribution in [3.05, 3.63) is 27.7 Å². The SMILES string of the molecule is COc1ccc(Cl)c(Cl)c1C1CCN(C(=O)[C@H]2COC(C)(C)N2C(=O)O)C(C(O)O)C1. The van der Waals surface area contributed by atoms with Crippen molar-refractivity contribution in [2.45, 2.75) is 56.7 Å². The van der Waals surface area contributed by atoms with Crippen LogP contribution in [-0.2, 0) is 9.53 Å². The zero-order valence-corrected chi connectivity index (χ0v) is 18.9. The van der Waals surface area contributed by atoms with Gasteiger partial charge in [-0.15, -0.1) is 0 Å². The molecule has 11 heteroatoms. The number of likely N-dealkylation sites (tertiary alicyclic amines) is 1. The number of ether oxygens (including phenoxy) is 2. The van der Waals surface area contributed by atoms with Crippen LogP contribution in [0, 0.1) is 0 Å². The maximum absolute atomic E-state index is 13.3. The minimum Gasteiger partial charge on any atom is -0.496 e. The fraction of sp³-hybridized carbons (Fsp3) is 0.600. The molecule has 172 valence electrons. The number of carbonyl (C=O) groups is 2. The highest BCUT2D eigenvalue weighted by atomic mass is 35.5. The lowest BCUT2D eigenvalue weighted by atomic mass is 9.84. The number of nitrogens with zero attached hydrogens (tertiary/aromatic N) is 2. The van der Waals surface area contributed by atoms with Crippen molar-refractivity contribution in [1.82, 2.24) is 9.80 Å². The number of aliphatic hydroxyl groups is 2. The van der Waals surface area contributed by atoms with Gasteiger partial charge >= 0.3 is 6.09 Å². The van der Waals surface area contributed by atoms with E-state index >= 15 is 0 Å². The van der Waals surface area contributed by atoms with E-state index in [4.69, 9.17) is 32.7 Å². The number of benzene rings is 1. The second-order valence-corrected chi connectivity index (χ2v) is 8.92. The lowest BCUT2D eigenvalue weighted by molar-refractivity contribution is -0.156. The van der Waals surface area contributed by atoms with E-state index in [2.05, 4.69) is 0 Å². The van der Waals surface area contributed by atoms with Crippen LogP contribution in [0.3, 0.4) is 0 Å². The predicted octanol–water partition coefficient (Wildman–Crippen LogP) is 2.50. The molecule has 1 aromatic rings. The molecule has 2 amide bonds. The van der Waals surface area contributed by atoms with Crippen LogP contribution >= 0.6 is 23.2 Å². The van der Waals surface area contributed by atoms with Gasteiger partial charge < -0.3 is 29.7 Å². The van der Waals surface area contributed by atoms with Crippen molar-refractivity contribution in [2.75, 3.05) is 20.3 Å². The molecule has 0 spiro atoms. The van der Waals surface area contributed by atoms with E-state index in [-0.39, 0.29) is 25.5 Å². The van der Waals surface area contributed by atoms with E-state index in [1.54, 1.807) is 26.0 Å².